The number of allylic oxidation sites excluding steroid dienone is 1. The zero-order chi connectivity index (χ0) is 12.0. The zero-order valence-electron chi connectivity index (χ0n) is 9.79. The molecule has 0 bridgehead atoms. The minimum atomic E-state index is 0.718. The molecule has 2 N–H and O–H groups in total. The molecule has 1 rings (SSSR count). The van der Waals surface area contributed by atoms with Gasteiger partial charge in [0.15, 0.2) is 0 Å². The van der Waals surface area contributed by atoms with Gasteiger partial charge in [0.1, 0.15) is 5.75 Å². The van der Waals surface area contributed by atoms with E-state index in [-0.39, 0.29) is 0 Å². The van der Waals surface area contributed by atoms with Crippen molar-refractivity contribution in [3.8, 4) is 5.75 Å². The van der Waals surface area contributed by atoms with E-state index in [2.05, 4.69) is 6.08 Å². The number of halogens is 1. The van der Waals surface area contributed by atoms with Crippen LogP contribution >= 0.6 is 11.6 Å². The van der Waals surface area contributed by atoms with Crippen molar-refractivity contribution in [2.75, 3.05) is 13.7 Å². The van der Waals surface area contributed by atoms with Gasteiger partial charge in [0, 0.05) is 10.6 Å². The summed E-state index contributed by atoms with van der Waals surface area (Å²) in [5.41, 5.74) is 7.50. The number of benzene rings is 1. The molecule has 0 saturated carbocycles. The smallest absolute Gasteiger partial charge is 0.129 e. The molecular weight excluding hydrogens is 222 g/mol. The van der Waals surface area contributed by atoms with Crippen molar-refractivity contribution < 1.29 is 4.74 Å². The summed E-state index contributed by atoms with van der Waals surface area (Å²) in [5, 5.41) is 0.733. The maximum atomic E-state index is 6.01. The van der Waals surface area contributed by atoms with Crippen LogP contribution in [0.1, 0.15) is 24.0 Å². The van der Waals surface area contributed by atoms with Gasteiger partial charge in [0.05, 0.1) is 7.11 Å². The van der Waals surface area contributed by atoms with Crippen LogP contribution < -0.4 is 10.5 Å². The third-order valence-electron chi connectivity index (χ3n) is 2.34. The monoisotopic (exact) mass is 239 g/mol. The molecule has 0 aliphatic carbocycles. The van der Waals surface area contributed by atoms with E-state index in [0.717, 1.165) is 41.3 Å². The number of rotatable bonds is 5. The first kappa shape index (κ1) is 13.1. The number of ether oxygens (including phenoxy) is 1. The quantitative estimate of drug-likeness (QED) is 0.800. The zero-order valence-corrected chi connectivity index (χ0v) is 10.6. The number of hydrogen-bond donors (Lipinski definition) is 1. The molecule has 2 nitrogen and oxygen atoms in total. The van der Waals surface area contributed by atoms with E-state index in [1.165, 1.54) is 0 Å². The molecule has 1 aromatic rings. The topological polar surface area (TPSA) is 35.2 Å². The third kappa shape index (κ3) is 3.54. The number of hydrogen-bond acceptors (Lipinski definition) is 2. The summed E-state index contributed by atoms with van der Waals surface area (Å²) in [4.78, 5) is 0. The average molecular weight is 240 g/mol. The van der Waals surface area contributed by atoms with Gasteiger partial charge in [-0.15, -0.1) is 0 Å². The molecule has 0 aromatic heterocycles. The molecule has 0 saturated heterocycles. The largest absolute Gasteiger partial charge is 0.496 e. The summed E-state index contributed by atoms with van der Waals surface area (Å²) in [7, 11) is 1.67. The first-order chi connectivity index (χ1) is 7.69. The van der Waals surface area contributed by atoms with Gasteiger partial charge in [-0.2, -0.15) is 0 Å². The predicted molar refractivity (Wildman–Crippen MR) is 70.1 cm³/mol. The minimum Gasteiger partial charge on any atom is -0.496 e. The second-order valence-corrected chi connectivity index (χ2v) is 4.11. The van der Waals surface area contributed by atoms with E-state index < -0.39 is 0 Å². The normalized spacial score (nSPS) is 11.0. The molecule has 0 unspecified atom stereocenters. The molecule has 0 radical (unpaired) electrons. The van der Waals surface area contributed by atoms with Gasteiger partial charge in [-0.05, 0) is 44.0 Å². The lowest BCUT2D eigenvalue weighted by Gasteiger charge is -2.09. The molecule has 0 atom stereocenters. The Morgan fingerprint density at radius 3 is 2.81 bits per heavy atom. The first-order valence-corrected chi connectivity index (χ1v) is 5.77. The summed E-state index contributed by atoms with van der Waals surface area (Å²) >= 11 is 6.01. The Bertz CT molecular complexity index is 374. The van der Waals surface area contributed by atoms with Crippen LogP contribution in [-0.4, -0.2) is 13.7 Å². The van der Waals surface area contributed by atoms with Crippen LogP contribution in [0.15, 0.2) is 18.2 Å². The molecule has 3 heteroatoms. The number of nitrogens with two attached hydrogens (primary N) is 1. The van der Waals surface area contributed by atoms with Crippen LogP contribution in [-0.2, 0) is 0 Å². The molecule has 0 amide bonds. The molecule has 0 spiro atoms. The van der Waals surface area contributed by atoms with Gasteiger partial charge in [-0.1, -0.05) is 23.8 Å². The SMILES string of the molecule is COc1c(C)cc(Cl)cc1/C=C/CCCN. The molecule has 0 fully saturated rings. The Morgan fingerprint density at radius 2 is 2.19 bits per heavy atom. The van der Waals surface area contributed by atoms with E-state index in [4.69, 9.17) is 22.1 Å². The molecule has 0 aliphatic heterocycles. The summed E-state index contributed by atoms with van der Waals surface area (Å²) < 4.78 is 5.35. The fourth-order valence-electron chi connectivity index (χ4n) is 1.60. The Labute approximate surface area is 102 Å². The number of unbranched alkanes of at least 4 members (excludes halogenated alkanes) is 1. The Kier molecular flexibility index (Phi) is 5.36. The first-order valence-electron chi connectivity index (χ1n) is 5.39. The highest BCUT2D eigenvalue weighted by molar-refractivity contribution is 6.30. The predicted octanol–water partition coefficient (Wildman–Crippen LogP) is 3.41. The van der Waals surface area contributed by atoms with Crippen LogP contribution in [0, 0.1) is 6.92 Å². The van der Waals surface area contributed by atoms with E-state index in [9.17, 15) is 0 Å². The van der Waals surface area contributed by atoms with Crippen LogP contribution in [0.4, 0.5) is 0 Å². The average Bonchev–Trinajstić information content (AvgIpc) is 2.24. The van der Waals surface area contributed by atoms with E-state index in [0.29, 0.717) is 0 Å². The summed E-state index contributed by atoms with van der Waals surface area (Å²) in [6.45, 7) is 2.71. The van der Waals surface area contributed by atoms with Crippen molar-refractivity contribution in [2.45, 2.75) is 19.8 Å². The van der Waals surface area contributed by atoms with Crippen LogP contribution in [0.3, 0.4) is 0 Å². The maximum absolute atomic E-state index is 6.01. The minimum absolute atomic E-state index is 0.718. The molecule has 88 valence electrons. The Morgan fingerprint density at radius 1 is 1.44 bits per heavy atom. The second-order valence-electron chi connectivity index (χ2n) is 3.68. The number of aryl methyl sites for hydroxylation is 1. The van der Waals surface area contributed by atoms with Crippen molar-refractivity contribution in [1.29, 1.82) is 0 Å². The second kappa shape index (κ2) is 6.56. The maximum Gasteiger partial charge on any atom is 0.129 e. The van der Waals surface area contributed by atoms with E-state index in [1.807, 2.05) is 25.1 Å². The summed E-state index contributed by atoms with van der Waals surface area (Å²) in [5.74, 6) is 0.883. The molecule has 0 aliphatic rings. The summed E-state index contributed by atoms with van der Waals surface area (Å²) in [6, 6.07) is 3.81. The van der Waals surface area contributed by atoms with E-state index in [1.54, 1.807) is 7.11 Å². The fraction of sp³-hybridized carbons (Fsp3) is 0.385. The Balaban J connectivity index is 2.89. The lowest BCUT2D eigenvalue weighted by atomic mass is 10.1. The van der Waals surface area contributed by atoms with Crippen molar-refractivity contribution >= 4 is 17.7 Å². The van der Waals surface area contributed by atoms with Gasteiger partial charge in [0.25, 0.3) is 0 Å². The third-order valence-corrected chi connectivity index (χ3v) is 2.56. The highest BCUT2D eigenvalue weighted by Gasteiger charge is 2.05. The number of methoxy groups -OCH3 is 1. The van der Waals surface area contributed by atoms with Crippen LogP contribution in [0.5, 0.6) is 5.75 Å². The lowest BCUT2D eigenvalue weighted by molar-refractivity contribution is 0.411. The van der Waals surface area contributed by atoms with Gasteiger partial charge in [-0.25, -0.2) is 0 Å². The lowest BCUT2D eigenvalue weighted by Crippen LogP contribution is -1.96. The highest BCUT2D eigenvalue weighted by atomic mass is 35.5. The van der Waals surface area contributed by atoms with Gasteiger partial charge in [-0.3, -0.25) is 0 Å². The van der Waals surface area contributed by atoms with Crippen molar-refractivity contribution in [3.05, 3.63) is 34.4 Å². The van der Waals surface area contributed by atoms with Gasteiger partial charge in [0.2, 0.25) is 0 Å². The molecule has 16 heavy (non-hydrogen) atoms. The van der Waals surface area contributed by atoms with Crippen LogP contribution in [0.2, 0.25) is 5.02 Å². The molecule has 1 aromatic carbocycles. The summed E-state index contributed by atoms with van der Waals surface area (Å²) in [6.07, 6.45) is 6.11. The Hall–Kier alpha value is -0.990. The van der Waals surface area contributed by atoms with Crippen molar-refractivity contribution in [2.24, 2.45) is 5.73 Å². The van der Waals surface area contributed by atoms with Crippen LogP contribution in [0.25, 0.3) is 6.08 Å². The van der Waals surface area contributed by atoms with Gasteiger partial charge < -0.3 is 10.5 Å². The highest BCUT2D eigenvalue weighted by Crippen LogP contribution is 2.28. The fourth-order valence-corrected chi connectivity index (χ4v) is 1.89. The van der Waals surface area contributed by atoms with Crippen molar-refractivity contribution in [1.82, 2.24) is 0 Å². The van der Waals surface area contributed by atoms with Crippen molar-refractivity contribution in [3.63, 3.8) is 0 Å². The van der Waals surface area contributed by atoms with E-state index >= 15 is 0 Å². The van der Waals surface area contributed by atoms with Gasteiger partial charge >= 0.3 is 0 Å². The standard InChI is InChI=1S/C13H18ClNO/c1-10-8-12(14)9-11(13(10)16-2)6-4-3-5-7-15/h4,6,8-9H,3,5,7,15H2,1-2H3/b6-4+. The molecular formula is C13H18ClNO. The molecule has 0 heterocycles.